The third-order valence-corrected chi connectivity index (χ3v) is 1.39. The maximum atomic E-state index is 3.71. The first kappa shape index (κ1) is 8.40. The molecule has 0 radical (unpaired) electrons. The summed E-state index contributed by atoms with van der Waals surface area (Å²) >= 11 is 0. The van der Waals surface area contributed by atoms with Crippen molar-refractivity contribution >= 4 is 10.8 Å². The molecule has 0 N–H and O–H groups in total. The zero-order valence-electron chi connectivity index (χ0n) is 5.58. The van der Waals surface area contributed by atoms with Gasteiger partial charge in [0.05, 0.1) is 0 Å². The van der Waals surface area contributed by atoms with Crippen LogP contribution in [0.3, 0.4) is 0 Å². The van der Waals surface area contributed by atoms with Gasteiger partial charge in [0.1, 0.15) is 0 Å². The summed E-state index contributed by atoms with van der Waals surface area (Å²) in [6.07, 6.45) is 4.52. The smallest absolute Gasteiger partial charge is 0.230 e. The Morgan fingerprint density at radius 3 is 2.82 bits per heavy atom. The average Bonchev–Trinajstić information content (AvgIpc) is 2.05. The van der Waals surface area contributed by atoms with Gasteiger partial charge in [-0.05, 0) is 6.20 Å². The number of nitrogens with zero attached hydrogens (tertiary/aromatic N) is 2. The zero-order valence-corrected chi connectivity index (χ0v) is 7.06. The second kappa shape index (κ2) is 3.62. The Morgan fingerprint density at radius 2 is 2.00 bits per heavy atom. The number of fused-ring (bicyclic) bond motifs is 1. The normalized spacial score (nSPS) is 9.09. The summed E-state index contributed by atoms with van der Waals surface area (Å²) in [4.78, 5) is 0. The van der Waals surface area contributed by atoms with Gasteiger partial charge in [0.15, 0.2) is 0 Å². The average molecular weight is 237 g/mol. The minimum absolute atomic E-state index is 0. The second-order valence-corrected chi connectivity index (χ2v) is 2.04. The predicted molar refractivity (Wildman–Crippen MR) is 38.4 cm³/mol. The molecule has 0 spiro atoms. The Kier molecular flexibility index (Phi) is 2.77. The summed E-state index contributed by atoms with van der Waals surface area (Å²) in [5.41, 5.74) is 0. The van der Waals surface area contributed by atoms with Crippen LogP contribution in [0.5, 0.6) is 0 Å². The van der Waals surface area contributed by atoms with E-state index in [4.69, 9.17) is 0 Å². The molecule has 0 amide bonds. The van der Waals surface area contributed by atoms with Gasteiger partial charge in [-0.3, -0.25) is 0 Å². The van der Waals surface area contributed by atoms with Gasteiger partial charge in [-0.2, -0.15) is 16.6 Å². The van der Waals surface area contributed by atoms with Crippen molar-refractivity contribution in [2.45, 2.75) is 0 Å². The van der Waals surface area contributed by atoms with Crippen molar-refractivity contribution in [1.82, 2.24) is 10.2 Å². The van der Waals surface area contributed by atoms with Gasteiger partial charge in [-0.15, -0.1) is 17.5 Å². The van der Waals surface area contributed by atoms with Crippen LogP contribution in [-0.4, -0.2) is 10.2 Å². The van der Waals surface area contributed by atoms with Crippen molar-refractivity contribution in [1.29, 1.82) is 0 Å². The Morgan fingerprint density at radius 1 is 1.18 bits per heavy atom. The minimum atomic E-state index is 0. The molecule has 11 heavy (non-hydrogen) atoms. The van der Waals surface area contributed by atoms with Crippen LogP contribution in [0.25, 0.3) is 10.8 Å². The van der Waals surface area contributed by atoms with E-state index in [1.54, 1.807) is 6.20 Å². The molecule has 1 aromatic carbocycles. The third kappa shape index (κ3) is 1.66. The van der Waals surface area contributed by atoms with Crippen LogP contribution in [0.15, 0.2) is 30.5 Å². The van der Waals surface area contributed by atoms with Crippen molar-refractivity contribution in [3.63, 3.8) is 0 Å². The molecule has 2 nitrogen and oxygen atoms in total. The van der Waals surface area contributed by atoms with Crippen LogP contribution in [0, 0.1) is 6.20 Å². The molecule has 0 bridgehead atoms. The van der Waals surface area contributed by atoms with Crippen molar-refractivity contribution in [2.75, 3.05) is 0 Å². The minimum Gasteiger partial charge on any atom is -0.230 e. The maximum Gasteiger partial charge on any atom is 1.00 e. The van der Waals surface area contributed by atoms with E-state index in [0.717, 1.165) is 10.8 Å². The standard InChI is InChI=1S/C8H5N2.Ag/c1-2-4-8-6-10-9-5-7(8)3-1;/h1-5H;/q-1;+1. The first-order valence-electron chi connectivity index (χ1n) is 3.05. The number of hydrogen-bond donors (Lipinski definition) is 0. The van der Waals surface area contributed by atoms with Crippen LogP contribution >= 0.6 is 0 Å². The van der Waals surface area contributed by atoms with E-state index < -0.39 is 0 Å². The fourth-order valence-electron chi connectivity index (χ4n) is 0.885. The molecule has 2 rings (SSSR count). The Bertz CT molecular complexity index is 283. The van der Waals surface area contributed by atoms with Crippen LogP contribution in [0.2, 0.25) is 0 Å². The van der Waals surface area contributed by atoms with E-state index >= 15 is 0 Å². The monoisotopic (exact) mass is 236 g/mol. The van der Waals surface area contributed by atoms with E-state index in [9.17, 15) is 0 Å². The topological polar surface area (TPSA) is 25.8 Å². The molecule has 0 aliphatic rings. The first-order valence-corrected chi connectivity index (χ1v) is 3.05. The van der Waals surface area contributed by atoms with Crippen molar-refractivity contribution in [3.05, 3.63) is 36.7 Å². The Labute approximate surface area is 80.2 Å². The van der Waals surface area contributed by atoms with Crippen molar-refractivity contribution in [2.24, 2.45) is 0 Å². The van der Waals surface area contributed by atoms with Gasteiger partial charge in [-0.1, -0.05) is 6.07 Å². The number of rotatable bonds is 0. The fourth-order valence-corrected chi connectivity index (χ4v) is 0.885. The van der Waals surface area contributed by atoms with Gasteiger partial charge >= 0.3 is 22.4 Å². The van der Waals surface area contributed by atoms with Crippen LogP contribution in [0.4, 0.5) is 0 Å². The molecular formula is C8H5AgN2. The summed E-state index contributed by atoms with van der Waals surface area (Å²) in [5, 5.41) is 9.44. The fraction of sp³-hybridized carbons (Fsp3) is 0. The molecule has 0 fully saturated rings. The molecule has 0 saturated heterocycles. The van der Waals surface area contributed by atoms with Gasteiger partial charge in [-0.25, -0.2) is 5.10 Å². The molecule has 1 aromatic heterocycles. The van der Waals surface area contributed by atoms with E-state index in [2.05, 4.69) is 16.4 Å². The summed E-state index contributed by atoms with van der Waals surface area (Å²) < 4.78 is 0. The molecule has 1 heterocycles. The molecule has 58 valence electrons. The van der Waals surface area contributed by atoms with Crippen molar-refractivity contribution < 1.29 is 22.4 Å². The second-order valence-electron chi connectivity index (χ2n) is 2.04. The summed E-state index contributed by atoms with van der Waals surface area (Å²) in [6, 6.07) is 7.88. The molecule has 0 aliphatic heterocycles. The van der Waals surface area contributed by atoms with Gasteiger partial charge < -0.3 is 0 Å². The maximum absolute atomic E-state index is 3.71. The van der Waals surface area contributed by atoms with E-state index in [-0.39, 0.29) is 22.4 Å². The third-order valence-electron chi connectivity index (χ3n) is 1.39. The van der Waals surface area contributed by atoms with Crippen LogP contribution in [0.1, 0.15) is 0 Å². The number of hydrogen-bond acceptors (Lipinski definition) is 2. The SMILES string of the molecule is [Ag+].[c-]1nncc2ccccc12. The summed E-state index contributed by atoms with van der Waals surface area (Å²) in [6.45, 7) is 0. The van der Waals surface area contributed by atoms with Gasteiger partial charge in [0.25, 0.3) is 0 Å². The molecule has 2 aromatic rings. The van der Waals surface area contributed by atoms with Gasteiger partial charge in [0, 0.05) is 6.20 Å². The van der Waals surface area contributed by atoms with Gasteiger partial charge in [0.2, 0.25) is 0 Å². The molecule has 0 aliphatic carbocycles. The molecule has 0 atom stereocenters. The predicted octanol–water partition coefficient (Wildman–Crippen LogP) is 1.43. The first-order chi connectivity index (χ1) is 4.97. The zero-order chi connectivity index (χ0) is 6.81. The van der Waals surface area contributed by atoms with Crippen LogP contribution in [-0.2, 0) is 22.4 Å². The quantitative estimate of drug-likeness (QED) is 0.511. The number of aromatic nitrogens is 2. The number of benzene rings is 1. The van der Waals surface area contributed by atoms with Crippen molar-refractivity contribution in [3.8, 4) is 0 Å². The van der Waals surface area contributed by atoms with Crippen LogP contribution < -0.4 is 0 Å². The van der Waals surface area contributed by atoms with E-state index in [1.165, 1.54) is 0 Å². The molecule has 0 saturated carbocycles. The van der Waals surface area contributed by atoms with E-state index in [0.29, 0.717) is 0 Å². The summed E-state index contributed by atoms with van der Waals surface area (Å²) in [5.74, 6) is 0. The molecular weight excluding hydrogens is 232 g/mol. The Balaban J connectivity index is 0.000000605. The summed E-state index contributed by atoms with van der Waals surface area (Å²) in [7, 11) is 0. The Hall–Kier alpha value is -0.700. The largest absolute Gasteiger partial charge is 1.00 e. The van der Waals surface area contributed by atoms with E-state index in [1.807, 2.05) is 24.3 Å². The molecule has 3 heteroatoms. The molecule has 0 unspecified atom stereocenters.